The fraction of sp³-hybridized carbons (Fsp3) is 0.484. The number of hydrogen-bond donors (Lipinski definition) is 1. The highest BCUT2D eigenvalue weighted by molar-refractivity contribution is 6.74. The Morgan fingerprint density at radius 1 is 1.13 bits per heavy atom. The number of nitrogens with one attached hydrogen (secondary N) is 1. The predicted molar refractivity (Wildman–Crippen MR) is 154 cm³/mol. The van der Waals surface area contributed by atoms with Gasteiger partial charge in [-0.15, -0.1) is 0 Å². The van der Waals surface area contributed by atoms with Crippen LogP contribution in [0, 0.1) is 5.41 Å². The van der Waals surface area contributed by atoms with E-state index in [-0.39, 0.29) is 17.1 Å². The van der Waals surface area contributed by atoms with E-state index in [9.17, 15) is 9.59 Å². The van der Waals surface area contributed by atoms with Gasteiger partial charge in [0.15, 0.2) is 8.32 Å². The van der Waals surface area contributed by atoms with Crippen molar-refractivity contribution in [3.05, 3.63) is 77.9 Å². The molecule has 2 aromatic rings. The minimum absolute atomic E-state index is 0.0556. The summed E-state index contributed by atoms with van der Waals surface area (Å²) in [5, 5.41) is 2.84. The molecule has 1 aliphatic rings. The topological polar surface area (TPSA) is 73.9 Å². The molecular weight excluding hydrogens is 494 g/mol. The van der Waals surface area contributed by atoms with Gasteiger partial charge in [-0.3, -0.25) is 4.79 Å². The second-order valence-corrected chi connectivity index (χ2v) is 16.6. The van der Waals surface area contributed by atoms with Crippen LogP contribution in [0.4, 0.5) is 4.79 Å². The van der Waals surface area contributed by atoms with Gasteiger partial charge in [0.2, 0.25) is 0 Å². The summed E-state index contributed by atoms with van der Waals surface area (Å²) in [6, 6.07) is 19.3. The first-order valence-electron chi connectivity index (χ1n) is 13.4. The van der Waals surface area contributed by atoms with Gasteiger partial charge in [-0.2, -0.15) is 0 Å². The van der Waals surface area contributed by atoms with Crippen LogP contribution in [0.5, 0.6) is 0 Å². The smallest absolute Gasteiger partial charge is 0.407 e. The summed E-state index contributed by atoms with van der Waals surface area (Å²) in [6.45, 7) is 12.8. The number of esters is 1. The first-order valence-corrected chi connectivity index (χ1v) is 16.3. The first kappa shape index (κ1) is 29.6. The van der Waals surface area contributed by atoms with Crippen molar-refractivity contribution in [3.63, 3.8) is 0 Å². The van der Waals surface area contributed by atoms with Crippen molar-refractivity contribution in [3.8, 4) is 0 Å². The molecule has 2 aromatic carbocycles. The van der Waals surface area contributed by atoms with Crippen LogP contribution in [0.3, 0.4) is 0 Å². The molecule has 0 aliphatic carbocycles. The molecule has 3 rings (SSSR count). The van der Waals surface area contributed by atoms with Gasteiger partial charge < -0.3 is 19.2 Å². The lowest BCUT2D eigenvalue weighted by Crippen LogP contribution is -2.63. The molecule has 1 fully saturated rings. The molecule has 0 bridgehead atoms. The van der Waals surface area contributed by atoms with Crippen molar-refractivity contribution in [1.29, 1.82) is 0 Å². The summed E-state index contributed by atoms with van der Waals surface area (Å²) < 4.78 is 18.0. The van der Waals surface area contributed by atoms with E-state index >= 15 is 0 Å². The maximum atomic E-state index is 13.9. The Morgan fingerprint density at radius 3 is 2.32 bits per heavy atom. The Kier molecular flexibility index (Phi) is 9.60. The zero-order valence-corrected chi connectivity index (χ0v) is 24.8. The Balaban J connectivity index is 1.97. The number of aryl methyl sites for hydroxylation is 1. The van der Waals surface area contributed by atoms with Crippen LogP contribution in [0.15, 0.2) is 66.7 Å². The molecule has 6 nitrogen and oxygen atoms in total. The number of ether oxygens (including phenoxy) is 2. The lowest BCUT2D eigenvalue weighted by Gasteiger charge is -2.50. The molecule has 0 aromatic heterocycles. The molecule has 0 saturated carbocycles. The summed E-state index contributed by atoms with van der Waals surface area (Å²) in [6.07, 6.45) is 4.48. The van der Waals surface area contributed by atoms with Gasteiger partial charge >= 0.3 is 12.1 Å². The Morgan fingerprint density at radius 2 is 1.74 bits per heavy atom. The van der Waals surface area contributed by atoms with Crippen LogP contribution in [-0.2, 0) is 25.1 Å². The van der Waals surface area contributed by atoms with E-state index in [1.807, 2.05) is 67.6 Å². The second-order valence-electron chi connectivity index (χ2n) is 11.8. The van der Waals surface area contributed by atoms with Gasteiger partial charge in [-0.25, -0.2) is 4.79 Å². The third kappa shape index (κ3) is 7.14. The maximum Gasteiger partial charge on any atom is 0.407 e. The fourth-order valence-corrected chi connectivity index (χ4v) is 5.88. The van der Waals surface area contributed by atoms with Crippen LogP contribution in [-0.4, -0.2) is 45.7 Å². The van der Waals surface area contributed by atoms with Gasteiger partial charge in [0, 0.05) is 6.42 Å². The zero-order valence-electron chi connectivity index (χ0n) is 23.8. The predicted octanol–water partition coefficient (Wildman–Crippen LogP) is 6.77. The number of amides is 1. The summed E-state index contributed by atoms with van der Waals surface area (Å²) in [5.41, 5.74) is 1.01. The van der Waals surface area contributed by atoms with Gasteiger partial charge in [-0.1, -0.05) is 93.6 Å². The minimum atomic E-state index is -2.28. The number of benzene rings is 2. The third-order valence-corrected chi connectivity index (χ3v) is 12.6. The summed E-state index contributed by atoms with van der Waals surface area (Å²) in [5.74, 6) is -0.371. The van der Waals surface area contributed by atoms with E-state index < -0.39 is 32.0 Å². The number of methoxy groups -OCH3 is 1. The lowest BCUT2D eigenvalue weighted by molar-refractivity contribution is -0.184. The van der Waals surface area contributed by atoms with Crippen molar-refractivity contribution in [1.82, 2.24) is 5.32 Å². The summed E-state index contributed by atoms with van der Waals surface area (Å²) in [4.78, 5) is 26.3. The molecule has 4 atom stereocenters. The molecule has 206 valence electrons. The molecule has 1 aliphatic heterocycles. The lowest BCUT2D eigenvalue weighted by atomic mass is 9.72. The minimum Gasteiger partial charge on any atom is -0.462 e. The number of alkyl carbamates (subject to hydrolysis) is 1. The SMILES string of the molecule is COC(=O)N[C@@H](/C=C/c1ccccc1)[C@]1(C)C(=O)O[C@H](CCc2ccccc2)C[C@H]1O[Si](C)(C)C(C)(C)C. The van der Waals surface area contributed by atoms with Crippen molar-refractivity contribution in [2.24, 2.45) is 5.41 Å². The van der Waals surface area contributed by atoms with Crippen molar-refractivity contribution in [2.75, 3.05) is 7.11 Å². The molecule has 0 unspecified atom stereocenters. The molecule has 1 heterocycles. The molecule has 7 heteroatoms. The quantitative estimate of drug-likeness (QED) is 0.282. The monoisotopic (exact) mass is 537 g/mol. The third-order valence-electron chi connectivity index (χ3n) is 8.09. The van der Waals surface area contributed by atoms with E-state index in [1.165, 1.54) is 12.7 Å². The van der Waals surface area contributed by atoms with Crippen molar-refractivity contribution >= 4 is 26.5 Å². The van der Waals surface area contributed by atoms with Crippen LogP contribution in [0.1, 0.15) is 51.7 Å². The molecule has 1 N–H and O–H groups in total. The van der Waals surface area contributed by atoms with Crippen LogP contribution >= 0.6 is 0 Å². The maximum absolute atomic E-state index is 13.9. The highest BCUT2D eigenvalue weighted by atomic mass is 28.4. The van der Waals surface area contributed by atoms with Crippen molar-refractivity contribution < 1.29 is 23.5 Å². The van der Waals surface area contributed by atoms with Crippen molar-refractivity contribution in [2.45, 2.75) is 83.3 Å². The molecule has 1 saturated heterocycles. The number of cyclic esters (lactones) is 1. The largest absolute Gasteiger partial charge is 0.462 e. The van der Waals surface area contributed by atoms with E-state index in [1.54, 1.807) is 0 Å². The van der Waals surface area contributed by atoms with E-state index in [2.05, 4.69) is 51.3 Å². The van der Waals surface area contributed by atoms with E-state index in [0.717, 1.165) is 12.0 Å². The first-order chi connectivity index (χ1) is 17.9. The fourth-order valence-electron chi connectivity index (χ4n) is 4.48. The van der Waals surface area contributed by atoms with E-state index in [4.69, 9.17) is 13.9 Å². The van der Waals surface area contributed by atoms with Gasteiger partial charge in [0.1, 0.15) is 11.5 Å². The molecule has 1 amide bonds. The van der Waals surface area contributed by atoms with Gasteiger partial charge in [0.05, 0.1) is 19.3 Å². The van der Waals surface area contributed by atoms with Gasteiger partial charge in [-0.05, 0) is 49.0 Å². The van der Waals surface area contributed by atoms with Crippen LogP contribution < -0.4 is 5.32 Å². The number of hydrogen-bond acceptors (Lipinski definition) is 5. The zero-order chi connectivity index (χ0) is 28.0. The molecular formula is C31H43NO5Si. The molecule has 0 spiro atoms. The number of rotatable bonds is 9. The normalized spacial score (nSPS) is 23.1. The standard InChI is InChI=1S/C31H43NO5Si/c1-30(2,3)38(6,7)37-27-22-25(20-18-23-14-10-8-11-15-23)36-28(33)31(27,4)26(32-29(34)35-5)21-19-24-16-12-9-13-17-24/h8-17,19,21,25-27H,18,20,22H2,1-7H3,(H,32,34)/b21-19+/t25-,26+,27-,31+/m1/s1. The second kappa shape index (κ2) is 12.3. The summed E-state index contributed by atoms with van der Waals surface area (Å²) in [7, 11) is -0.967. The molecule has 38 heavy (non-hydrogen) atoms. The Hall–Kier alpha value is -2.90. The number of carbonyl (C=O) groups is 2. The highest BCUT2D eigenvalue weighted by Crippen LogP contribution is 2.45. The van der Waals surface area contributed by atoms with E-state index in [0.29, 0.717) is 12.8 Å². The Bertz CT molecular complexity index is 1100. The van der Waals surface area contributed by atoms with Gasteiger partial charge in [0.25, 0.3) is 0 Å². The Labute approximate surface area is 228 Å². The summed E-state index contributed by atoms with van der Waals surface area (Å²) >= 11 is 0. The van der Waals surface area contributed by atoms with Crippen LogP contribution in [0.25, 0.3) is 6.08 Å². The average Bonchev–Trinajstić information content (AvgIpc) is 2.88. The highest BCUT2D eigenvalue weighted by Gasteiger charge is 2.56. The number of carbonyl (C=O) groups excluding carboxylic acids is 2. The molecule has 0 radical (unpaired) electrons. The average molecular weight is 538 g/mol. The van der Waals surface area contributed by atoms with Crippen LogP contribution in [0.2, 0.25) is 18.1 Å².